The van der Waals surface area contributed by atoms with E-state index >= 15 is 0 Å². The SMILES string of the molecule is COc1cc(C2C(C#N)=C(N)Oc3cc(OC(=O)COc4ccccc4C)ccc32)ccc1OCc1ccc(Cl)cc1Cl. The first kappa shape index (κ1) is 29.6. The largest absolute Gasteiger partial charge is 0.493 e. The summed E-state index contributed by atoms with van der Waals surface area (Å²) in [5, 5.41) is 11.0. The molecule has 0 aromatic heterocycles. The van der Waals surface area contributed by atoms with Crippen molar-refractivity contribution < 1.29 is 28.5 Å². The Bertz CT molecular complexity index is 1760. The highest BCUT2D eigenvalue weighted by molar-refractivity contribution is 6.35. The number of fused-ring (bicyclic) bond motifs is 1. The van der Waals surface area contributed by atoms with Crippen molar-refractivity contribution in [3.05, 3.63) is 123 Å². The Labute approximate surface area is 258 Å². The minimum Gasteiger partial charge on any atom is -0.493 e. The van der Waals surface area contributed by atoms with Gasteiger partial charge in [-0.05, 0) is 54.4 Å². The molecule has 0 spiro atoms. The van der Waals surface area contributed by atoms with Gasteiger partial charge in [-0.25, -0.2) is 4.79 Å². The van der Waals surface area contributed by atoms with Crippen LogP contribution in [0, 0.1) is 18.3 Å². The second-order valence-corrected chi connectivity index (χ2v) is 10.4. The first-order valence-corrected chi connectivity index (χ1v) is 13.9. The lowest BCUT2D eigenvalue weighted by atomic mass is 9.83. The van der Waals surface area contributed by atoms with Crippen molar-refractivity contribution in [1.29, 1.82) is 5.26 Å². The fourth-order valence-corrected chi connectivity index (χ4v) is 5.10. The van der Waals surface area contributed by atoms with Gasteiger partial charge >= 0.3 is 5.97 Å². The quantitative estimate of drug-likeness (QED) is 0.157. The number of allylic oxidation sites excluding steroid dienone is 1. The Kier molecular flexibility index (Phi) is 8.96. The molecule has 0 radical (unpaired) electrons. The summed E-state index contributed by atoms with van der Waals surface area (Å²) in [4.78, 5) is 12.5. The summed E-state index contributed by atoms with van der Waals surface area (Å²) in [6.45, 7) is 1.81. The van der Waals surface area contributed by atoms with Crippen molar-refractivity contribution in [3.8, 4) is 34.8 Å². The lowest BCUT2D eigenvalue weighted by molar-refractivity contribution is -0.136. The molecule has 1 aliphatic heterocycles. The predicted molar refractivity (Wildman–Crippen MR) is 162 cm³/mol. The molecule has 0 amide bonds. The first-order chi connectivity index (χ1) is 20.8. The summed E-state index contributed by atoms with van der Waals surface area (Å²) < 4.78 is 28.4. The number of ether oxygens (including phenoxy) is 5. The van der Waals surface area contributed by atoms with Gasteiger partial charge in [0.05, 0.1) is 13.0 Å². The molecule has 1 unspecified atom stereocenters. The number of benzene rings is 4. The number of nitrogens with zero attached hydrogens (tertiary/aromatic N) is 1. The maximum absolute atomic E-state index is 12.5. The Morgan fingerprint density at radius 2 is 1.79 bits per heavy atom. The summed E-state index contributed by atoms with van der Waals surface area (Å²) in [6, 6.07) is 25.0. The van der Waals surface area contributed by atoms with E-state index in [2.05, 4.69) is 6.07 Å². The lowest BCUT2D eigenvalue weighted by Crippen LogP contribution is -2.22. The molecule has 4 aromatic rings. The number of aryl methyl sites for hydroxylation is 1. The zero-order valence-corrected chi connectivity index (χ0v) is 24.7. The van der Waals surface area contributed by atoms with Gasteiger partial charge in [0.2, 0.25) is 5.88 Å². The fraction of sp³-hybridized carbons (Fsp3) is 0.152. The topological polar surface area (TPSA) is 113 Å². The third-order valence-corrected chi connectivity index (χ3v) is 7.37. The van der Waals surface area contributed by atoms with Crippen LogP contribution in [0.15, 0.2) is 90.3 Å². The molecule has 43 heavy (non-hydrogen) atoms. The van der Waals surface area contributed by atoms with Gasteiger partial charge in [-0.15, -0.1) is 0 Å². The Morgan fingerprint density at radius 1 is 0.977 bits per heavy atom. The van der Waals surface area contributed by atoms with E-state index in [0.717, 1.165) is 11.1 Å². The van der Waals surface area contributed by atoms with E-state index in [1.54, 1.807) is 54.6 Å². The minimum atomic E-state index is -0.586. The van der Waals surface area contributed by atoms with Gasteiger partial charge < -0.3 is 29.4 Å². The molecular weight excluding hydrogens is 591 g/mol. The second-order valence-electron chi connectivity index (χ2n) is 9.59. The van der Waals surface area contributed by atoms with Crippen LogP contribution in [0.3, 0.4) is 0 Å². The summed E-state index contributed by atoms with van der Waals surface area (Å²) >= 11 is 12.3. The van der Waals surface area contributed by atoms with Crippen molar-refractivity contribution >= 4 is 29.2 Å². The van der Waals surface area contributed by atoms with Crippen LogP contribution in [0.5, 0.6) is 28.7 Å². The van der Waals surface area contributed by atoms with Crippen molar-refractivity contribution in [2.24, 2.45) is 5.73 Å². The monoisotopic (exact) mass is 616 g/mol. The molecule has 218 valence electrons. The summed E-state index contributed by atoms with van der Waals surface area (Å²) in [7, 11) is 1.53. The smallest absolute Gasteiger partial charge is 0.349 e. The molecule has 10 heteroatoms. The van der Waals surface area contributed by atoms with Crippen LogP contribution in [-0.4, -0.2) is 19.7 Å². The summed E-state index contributed by atoms with van der Waals surface area (Å²) in [6.07, 6.45) is 0. The molecular formula is C33H26Cl2N2O6. The van der Waals surface area contributed by atoms with E-state index in [0.29, 0.717) is 44.2 Å². The van der Waals surface area contributed by atoms with Gasteiger partial charge in [0, 0.05) is 27.2 Å². The lowest BCUT2D eigenvalue weighted by Gasteiger charge is -2.27. The minimum absolute atomic E-state index is 0.0527. The Balaban J connectivity index is 1.36. The Hall–Kier alpha value is -4.84. The molecule has 5 rings (SSSR count). The molecule has 4 aromatic carbocycles. The highest BCUT2D eigenvalue weighted by Crippen LogP contribution is 2.45. The van der Waals surface area contributed by atoms with Crippen molar-refractivity contribution in [2.75, 3.05) is 13.7 Å². The van der Waals surface area contributed by atoms with E-state index in [1.165, 1.54) is 7.11 Å². The van der Waals surface area contributed by atoms with Crippen LogP contribution in [-0.2, 0) is 11.4 Å². The zero-order valence-electron chi connectivity index (χ0n) is 23.2. The molecule has 1 atom stereocenters. The highest BCUT2D eigenvalue weighted by Gasteiger charge is 2.32. The van der Waals surface area contributed by atoms with Crippen LogP contribution >= 0.6 is 23.2 Å². The van der Waals surface area contributed by atoms with Gasteiger partial charge in [-0.2, -0.15) is 5.26 Å². The number of nitrogens with two attached hydrogens (primary N) is 1. The normalized spacial score (nSPS) is 13.8. The molecule has 0 bridgehead atoms. The average molecular weight is 617 g/mol. The van der Waals surface area contributed by atoms with Gasteiger partial charge in [0.25, 0.3) is 0 Å². The number of methoxy groups -OCH3 is 1. The van der Waals surface area contributed by atoms with Crippen LogP contribution in [0.2, 0.25) is 10.0 Å². The molecule has 1 heterocycles. The molecule has 0 saturated heterocycles. The number of carbonyl (C=O) groups is 1. The molecule has 0 saturated carbocycles. The van der Waals surface area contributed by atoms with Gasteiger partial charge in [0.15, 0.2) is 18.1 Å². The van der Waals surface area contributed by atoms with E-state index in [-0.39, 0.29) is 30.4 Å². The van der Waals surface area contributed by atoms with E-state index in [9.17, 15) is 10.1 Å². The van der Waals surface area contributed by atoms with Crippen molar-refractivity contribution in [2.45, 2.75) is 19.4 Å². The maximum Gasteiger partial charge on any atom is 0.349 e. The first-order valence-electron chi connectivity index (χ1n) is 13.1. The standard InChI is InChI=1S/C33H26Cl2N2O6/c1-19-5-3-4-6-27(19)41-18-31(38)42-23-10-11-24-29(15-23)43-33(37)25(16-36)32(24)20-8-12-28(30(13-20)39-2)40-17-21-7-9-22(34)14-26(21)35/h3-15,32H,17-18,37H2,1-2H3. The number of rotatable bonds is 9. The number of carbonyl (C=O) groups excluding carboxylic acids is 1. The van der Waals surface area contributed by atoms with Crippen LogP contribution in [0.4, 0.5) is 0 Å². The molecule has 1 aliphatic rings. The summed E-state index contributed by atoms with van der Waals surface area (Å²) in [5.74, 6) is 0.908. The predicted octanol–water partition coefficient (Wildman–Crippen LogP) is 7.09. The summed E-state index contributed by atoms with van der Waals surface area (Å²) in [5.41, 5.74) is 9.44. The third kappa shape index (κ3) is 6.64. The van der Waals surface area contributed by atoms with Crippen LogP contribution in [0.1, 0.15) is 28.2 Å². The van der Waals surface area contributed by atoms with E-state index in [4.69, 9.17) is 52.6 Å². The number of hydrogen-bond acceptors (Lipinski definition) is 8. The molecule has 2 N–H and O–H groups in total. The average Bonchev–Trinajstić information content (AvgIpc) is 2.99. The van der Waals surface area contributed by atoms with E-state index < -0.39 is 11.9 Å². The second kappa shape index (κ2) is 13.0. The fourth-order valence-electron chi connectivity index (χ4n) is 4.64. The molecule has 0 fully saturated rings. The van der Waals surface area contributed by atoms with E-state index in [1.807, 2.05) is 31.2 Å². The van der Waals surface area contributed by atoms with Gasteiger partial charge in [-0.1, -0.05) is 59.6 Å². The van der Waals surface area contributed by atoms with Crippen molar-refractivity contribution in [1.82, 2.24) is 0 Å². The van der Waals surface area contributed by atoms with Gasteiger partial charge in [-0.3, -0.25) is 0 Å². The maximum atomic E-state index is 12.5. The Morgan fingerprint density at radius 3 is 2.53 bits per heavy atom. The number of nitriles is 1. The molecule has 8 nitrogen and oxygen atoms in total. The number of hydrogen-bond donors (Lipinski definition) is 1. The molecule has 0 aliphatic carbocycles. The van der Waals surface area contributed by atoms with Crippen LogP contribution < -0.4 is 29.4 Å². The number of esters is 1. The third-order valence-electron chi connectivity index (χ3n) is 6.78. The number of halogens is 2. The van der Waals surface area contributed by atoms with Crippen molar-refractivity contribution in [3.63, 3.8) is 0 Å². The van der Waals surface area contributed by atoms with Crippen LogP contribution in [0.25, 0.3) is 0 Å². The number of para-hydroxylation sites is 1. The highest BCUT2D eigenvalue weighted by atomic mass is 35.5. The zero-order chi connectivity index (χ0) is 30.5. The van der Waals surface area contributed by atoms with Gasteiger partial charge in [0.1, 0.15) is 35.5 Å².